The zero-order chi connectivity index (χ0) is 18.2. The Morgan fingerprint density at radius 1 is 1.31 bits per heavy atom. The van der Waals surface area contributed by atoms with E-state index in [1.165, 1.54) is 17.6 Å². The third kappa shape index (κ3) is 2.12. The summed E-state index contributed by atoms with van der Waals surface area (Å²) in [5.41, 5.74) is 0.435. The van der Waals surface area contributed by atoms with Crippen LogP contribution in [0.5, 0.6) is 0 Å². The monoisotopic (exact) mass is 374 g/mol. The van der Waals surface area contributed by atoms with E-state index in [0.717, 1.165) is 18.4 Å². The number of aromatic nitrogens is 2. The van der Waals surface area contributed by atoms with Crippen molar-refractivity contribution in [2.45, 2.75) is 31.3 Å². The van der Waals surface area contributed by atoms with E-state index in [-0.39, 0.29) is 33.3 Å². The average molecular weight is 374 g/mol. The first-order valence-corrected chi connectivity index (χ1v) is 9.56. The van der Waals surface area contributed by atoms with Crippen molar-refractivity contribution in [1.82, 2.24) is 14.3 Å². The van der Waals surface area contributed by atoms with Crippen LogP contribution in [0.3, 0.4) is 0 Å². The Balaban J connectivity index is 1.78. The molecule has 0 radical (unpaired) electrons. The molecular formula is C18H19FN4O2S. The highest BCUT2D eigenvalue weighted by Gasteiger charge is 2.39. The highest BCUT2D eigenvalue weighted by atomic mass is 32.1. The Hall–Kier alpha value is -2.19. The van der Waals surface area contributed by atoms with E-state index in [1.807, 2.05) is 11.9 Å². The predicted octanol–water partition coefficient (Wildman–Crippen LogP) is 2.18. The number of hydrogen-bond acceptors (Lipinski definition) is 5. The number of likely N-dealkylation sites (N-methyl/N-ethyl adjacent to an activating group) is 1. The van der Waals surface area contributed by atoms with Gasteiger partial charge in [0.05, 0.1) is 16.7 Å². The van der Waals surface area contributed by atoms with E-state index >= 15 is 0 Å². The van der Waals surface area contributed by atoms with Gasteiger partial charge in [0.15, 0.2) is 0 Å². The number of benzene rings is 1. The molecule has 1 saturated carbocycles. The van der Waals surface area contributed by atoms with Gasteiger partial charge in [0, 0.05) is 24.5 Å². The largest absolute Gasteiger partial charge is 0.365 e. The van der Waals surface area contributed by atoms with Crippen LogP contribution in [0.4, 0.5) is 10.1 Å². The summed E-state index contributed by atoms with van der Waals surface area (Å²) in [7, 11) is 1.91. The minimum atomic E-state index is -0.416. The lowest BCUT2D eigenvalue weighted by Crippen LogP contribution is -2.67. The standard InChI is InChI=1S/C18H19FN4O2S/c1-18(20-2)7-22(8-18)13-6-12-10(5-11(13)19)15(24)14-16(25)21-26-17(14)23(12)9-3-4-9/h5-6,9,20H,3-4,7-8H2,1-2H3,(H,21,25). The number of anilines is 1. The quantitative estimate of drug-likeness (QED) is 0.737. The zero-order valence-corrected chi connectivity index (χ0v) is 15.4. The summed E-state index contributed by atoms with van der Waals surface area (Å²) >= 11 is 1.19. The summed E-state index contributed by atoms with van der Waals surface area (Å²) in [5.74, 6) is -0.416. The van der Waals surface area contributed by atoms with Gasteiger partial charge in [-0.15, -0.1) is 0 Å². The fraction of sp³-hybridized carbons (Fsp3) is 0.444. The molecule has 2 aromatic heterocycles. The van der Waals surface area contributed by atoms with Crippen LogP contribution >= 0.6 is 11.5 Å². The molecule has 26 heavy (non-hydrogen) atoms. The molecule has 3 heterocycles. The lowest BCUT2D eigenvalue weighted by atomic mass is 9.91. The average Bonchev–Trinajstić information content (AvgIpc) is 3.35. The molecule has 2 aliphatic rings. The maximum absolute atomic E-state index is 14.8. The van der Waals surface area contributed by atoms with Crippen LogP contribution in [0.15, 0.2) is 21.7 Å². The Morgan fingerprint density at radius 2 is 2.04 bits per heavy atom. The van der Waals surface area contributed by atoms with E-state index in [9.17, 15) is 14.0 Å². The molecule has 2 fully saturated rings. The van der Waals surface area contributed by atoms with Crippen molar-refractivity contribution in [1.29, 1.82) is 0 Å². The molecule has 0 spiro atoms. The maximum atomic E-state index is 14.8. The van der Waals surface area contributed by atoms with Crippen LogP contribution in [-0.4, -0.2) is 34.6 Å². The molecule has 0 unspecified atom stereocenters. The van der Waals surface area contributed by atoms with Gasteiger partial charge in [-0.25, -0.2) is 4.39 Å². The lowest BCUT2D eigenvalue weighted by molar-refractivity contribution is 0.301. The second kappa shape index (κ2) is 5.17. The molecule has 6 nitrogen and oxygen atoms in total. The SMILES string of the molecule is CNC1(C)CN(c2cc3c(cc2F)c(=O)c2c(=O)[nH]sc2n3C2CC2)C1. The van der Waals surface area contributed by atoms with Gasteiger partial charge in [-0.3, -0.25) is 14.0 Å². The van der Waals surface area contributed by atoms with E-state index in [4.69, 9.17) is 0 Å². The fourth-order valence-corrected chi connectivity index (χ4v) is 4.83. The van der Waals surface area contributed by atoms with Crippen molar-refractivity contribution >= 4 is 38.3 Å². The molecule has 1 aromatic carbocycles. The highest BCUT2D eigenvalue weighted by Crippen LogP contribution is 2.41. The van der Waals surface area contributed by atoms with E-state index in [0.29, 0.717) is 23.6 Å². The van der Waals surface area contributed by atoms with Gasteiger partial charge in [-0.05, 0) is 50.5 Å². The smallest absolute Gasteiger partial charge is 0.271 e. The second-order valence-electron chi connectivity index (χ2n) is 7.63. The van der Waals surface area contributed by atoms with E-state index in [2.05, 4.69) is 21.2 Å². The molecule has 0 atom stereocenters. The van der Waals surface area contributed by atoms with E-state index in [1.54, 1.807) is 6.07 Å². The summed E-state index contributed by atoms with van der Waals surface area (Å²) in [6.45, 7) is 3.52. The number of nitrogens with one attached hydrogen (secondary N) is 2. The van der Waals surface area contributed by atoms with Crippen molar-refractivity contribution < 1.29 is 4.39 Å². The van der Waals surface area contributed by atoms with Crippen LogP contribution in [0.2, 0.25) is 0 Å². The number of hydrogen-bond donors (Lipinski definition) is 2. The summed E-state index contributed by atoms with van der Waals surface area (Å²) in [5, 5.41) is 3.68. The van der Waals surface area contributed by atoms with E-state index < -0.39 is 5.82 Å². The normalized spacial score (nSPS) is 19.3. The minimum absolute atomic E-state index is 0.0261. The molecule has 2 N–H and O–H groups in total. The van der Waals surface area contributed by atoms with Gasteiger partial charge in [-0.1, -0.05) is 0 Å². The molecule has 0 bridgehead atoms. The first-order valence-electron chi connectivity index (χ1n) is 8.75. The van der Waals surface area contributed by atoms with Crippen LogP contribution < -0.4 is 21.2 Å². The molecule has 0 amide bonds. The van der Waals surface area contributed by atoms with Gasteiger partial charge in [-0.2, -0.15) is 0 Å². The van der Waals surface area contributed by atoms with Crippen LogP contribution in [0.1, 0.15) is 25.8 Å². The number of rotatable bonds is 3. The highest BCUT2D eigenvalue weighted by molar-refractivity contribution is 7.12. The first-order chi connectivity index (χ1) is 12.4. The Kier molecular flexibility index (Phi) is 3.19. The van der Waals surface area contributed by atoms with Crippen LogP contribution in [-0.2, 0) is 0 Å². The molecule has 5 rings (SSSR count). The van der Waals surface area contributed by atoms with Crippen LogP contribution in [0.25, 0.3) is 21.1 Å². The number of fused-ring (bicyclic) bond motifs is 2. The van der Waals surface area contributed by atoms with Crippen molar-refractivity contribution in [3.63, 3.8) is 0 Å². The molecule has 1 saturated heterocycles. The second-order valence-corrected chi connectivity index (χ2v) is 8.43. The van der Waals surface area contributed by atoms with Crippen molar-refractivity contribution in [2.75, 3.05) is 25.0 Å². The van der Waals surface area contributed by atoms with Gasteiger partial charge in [0.1, 0.15) is 16.0 Å². The summed E-state index contributed by atoms with van der Waals surface area (Å²) in [6.07, 6.45) is 2.01. The molecule has 1 aliphatic carbocycles. The Labute approximate surface area is 152 Å². The van der Waals surface area contributed by atoms with Crippen molar-refractivity contribution in [2.24, 2.45) is 0 Å². The first kappa shape index (κ1) is 16.0. The number of pyridine rings is 1. The lowest BCUT2D eigenvalue weighted by Gasteiger charge is -2.49. The minimum Gasteiger partial charge on any atom is -0.365 e. The Morgan fingerprint density at radius 3 is 2.69 bits per heavy atom. The van der Waals surface area contributed by atoms with Gasteiger partial charge >= 0.3 is 0 Å². The topological polar surface area (TPSA) is 70.1 Å². The molecule has 3 aromatic rings. The number of halogens is 1. The predicted molar refractivity (Wildman–Crippen MR) is 102 cm³/mol. The van der Waals surface area contributed by atoms with Crippen molar-refractivity contribution in [3.8, 4) is 0 Å². The molecule has 8 heteroatoms. The van der Waals surface area contributed by atoms with Crippen molar-refractivity contribution in [3.05, 3.63) is 38.5 Å². The fourth-order valence-electron chi connectivity index (χ4n) is 3.90. The summed E-state index contributed by atoms with van der Waals surface area (Å²) < 4.78 is 19.5. The summed E-state index contributed by atoms with van der Waals surface area (Å²) in [6, 6.07) is 3.35. The Bertz CT molecular complexity index is 1170. The maximum Gasteiger partial charge on any atom is 0.271 e. The molecule has 1 aliphatic heterocycles. The summed E-state index contributed by atoms with van der Waals surface area (Å²) in [4.78, 5) is 27.6. The third-order valence-corrected chi connectivity index (χ3v) is 6.51. The molecule has 136 valence electrons. The van der Waals surface area contributed by atoms with Gasteiger partial charge in [0.2, 0.25) is 5.43 Å². The van der Waals surface area contributed by atoms with Gasteiger partial charge in [0.25, 0.3) is 5.56 Å². The number of nitrogens with zero attached hydrogens (tertiary/aromatic N) is 2. The van der Waals surface area contributed by atoms with Crippen LogP contribution in [0, 0.1) is 5.82 Å². The molecular weight excluding hydrogens is 355 g/mol. The number of H-pyrrole nitrogens is 1. The van der Waals surface area contributed by atoms with Gasteiger partial charge < -0.3 is 14.8 Å². The zero-order valence-electron chi connectivity index (χ0n) is 14.6. The third-order valence-electron chi connectivity index (χ3n) is 5.63. The number of aromatic amines is 1.